The van der Waals surface area contributed by atoms with Gasteiger partial charge < -0.3 is 15.2 Å². The number of rotatable bonds is 7. The summed E-state index contributed by atoms with van der Waals surface area (Å²) in [7, 11) is 0. The number of nitrogens with one attached hydrogen (secondary N) is 1. The fourth-order valence-electron chi connectivity index (χ4n) is 3.92. The summed E-state index contributed by atoms with van der Waals surface area (Å²) < 4.78 is 62.5. The lowest BCUT2D eigenvalue weighted by molar-refractivity contribution is -0.275. The average molecular weight is 507 g/mol. The summed E-state index contributed by atoms with van der Waals surface area (Å²) in [6.07, 6.45) is -3.62. The van der Waals surface area contributed by atoms with Crippen LogP contribution in [0.1, 0.15) is 5.56 Å². The summed E-state index contributed by atoms with van der Waals surface area (Å²) in [5.41, 5.74) is -1.01. The molecule has 2 N–H and O–H groups in total. The van der Waals surface area contributed by atoms with E-state index >= 15 is 0 Å². The highest BCUT2D eigenvalue weighted by Crippen LogP contribution is 2.40. The third-order valence-electron chi connectivity index (χ3n) is 5.95. The van der Waals surface area contributed by atoms with Crippen molar-refractivity contribution in [2.24, 2.45) is 0 Å². The van der Waals surface area contributed by atoms with Crippen molar-refractivity contribution >= 4 is 22.3 Å². The molecule has 4 aromatic carbocycles. The number of hydrogen-bond donors (Lipinski definition) is 2. The van der Waals surface area contributed by atoms with Gasteiger partial charge in [-0.1, -0.05) is 24.3 Å². The van der Waals surface area contributed by atoms with Crippen molar-refractivity contribution in [2.45, 2.75) is 11.8 Å². The summed E-state index contributed by atoms with van der Waals surface area (Å²) in [5, 5.41) is 18.6. The van der Waals surface area contributed by atoms with Gasteiger partial charge in [0.05, 0.1) is 17.4 Å². The molecule has 5 nitrogen and oxygen atoms in total. The molecular formula is C28H21F4N3O2. The van der Waals surface area contributed by atoms with Crippen molar-refractivity contribution in [3.8, 4) is 11.4 Å². The highest BCUT2D eigenvalue weighted by atomic mass is 19.4. The van der Waals surface area contributed by atoms with Crippen molar-refractivity contribution < 1.29 is 27.4 Å². The van der Waals surface area contributed by atoms with Crippen LogP contribution < -0.4 is 10.1 Å². The van der Waals surface area contributed by atoms with Gasteiger partial charge in [0, 0.05) is 16.8 Å². The molecule has 1 aromatic heterocycles. The fourth-order valence-corrected chi connectivity index (χ4v) is 3.92. The minimum absolute atomic E-state index is 0.173. The van der Waals surface area contributed by atoms with Gasteiger partial charge in [0.2, 0.25) is 5.60 Å². The van der Waals surface area contributed by atoms with Gasteiger partial charge in [-0.25, -0.2) is 9.07 Å². The summed E-state index contributed by atoms with van der Waals surface area (Å²) in [6.45, 7) is -1.04. The number of halogens is 4. The van der Waals surface area contributed by atoms with Gasteiger partial charge >= 0.3 is 6.18 Å². The minimum atomic E-state index is -5.01. The molecule has 5 rings (SSSR count). The number of benzene rings is 4. The van der Waals surface area contributed by atoms with Crippen LogP contribution >= 0.6 is 0 Å². The zero-order chi connectivity index (χ0) is 26.0. The number of aromatic nitrogens is 2. The molecule has 0 aliphatic rings. The van der Waals surface area contributed by atoms with Crippen LogP contribution in [0.2, 0.25) is 0 Å². The van der Waals surface area contributed by atoms with Crippen LogP contribution in [0.25, 0.3) is 16.6 Å². The zero-order valence-electron chi connectivity index (χ0n) is 19.3. The molecule has 1 atom stereocenters. The molecule has 37 heavy (non-hydrogen) atoms. The van der Waals surface area contributed by atoms with Crippen LogP contribution in [0, 0.1) is 5.82 Å². The SMILES string of the molecule is OC(COc1ccc(Nc2ccccc2)cc1)(c1ccc2c(cnn2-c2ccc(F)cc2)c1)C(F)(F)F. The summed E-state index contributed by atoms with van der Waals surface area (Å²) in [4.78, 5) is 0. The maximum absolute atomic E-state index is 14.1. The lowest BCUT2D eigenvalue weighted by atomic mass is 9.93. The molecule has 0 radical (unpaired) electrons. The Kier molecular flexibility index (Phi) is 6.31. The van der Waals surface area contributed by atoms with E-state index in [0.29, 0.717) is 16.6 Å². The second kappa shape index (κ2) is 9.59. The maximum Gasteiger partial charge on any atom is 0.424 e. The number of hydrogen-bond acceptors (Lipinski definition) is 4. The molecule has 0 spiro atoms. The van der Waals surface area contributed by atoms with Crippen LogP contribution in [-0.2, 0) is 5.60 Å². The monoisotopic (exact) mass is 507 g/mol. The van der Waals surface area contributed by atoms with Crippen molar-refractivity contribution in [3.63, 3.8) is 0 Å². The largest absolute Gasteiger partial charge is 0.490 e. The molecule has 0 saturated heterocycles. The average Bonchev–Trinajstić information content (AvgIpc) is 3.32. The lowest BCUT2D eigenvalue weighted by Gasteiger charge is -2.31. The molecule has 5 aromatic rings. The second-order valence-electron chi connectivity index (χ2n) is 8.47. The van der Waals surface area contributed by atoms with Crippen molar-refractivity contribution in [2.75, 3.05) is 11.9 Å². The Morgan fingerprint density at radius 2 is 1.51 bits per heavy atom. The number of anilines is 2. The molecule has 9 heteroatoms. The lowest BCUT2D eigenvalue weighted by Crippen LogP contribution is -2.47. The van der Waals surface area contributed by atoms with Gasteiger partial charge in [0.25, 0.3) is 0 Å². The Bertz CT molecular complexity index is 1500. The first-order valence-electron chi connectivity index (χ1n) is 11.3. The predicted molar refractivity (Wildman–Crippen MR) is 133 cm³/mol. The molecular weight excluding hydrogens is 486 g/mol. The summed E-state index contributed by atoms with van der Waals surface area (Å²) in [6, 6.07) is 25.2. The smallest absolute Gasteiger partial charge is 0.424 e. The Hall–Kier alpha value is -4.37. The van der Waals surface area contributed by atoms with E-state index in [1.165, 1.54) is 65.5 Å². The van der Waals surface area contributed by atoms with Gasteiger partial charge in [-0.15, -0.1) is 0 Å². The van der Waals surface area contributed by atoms with E-state index in [1.807, 2.05) is 30.3 Å². The molecule has 0 aliphatic carbocycles. The molecule has 0 amide bonds. The molecule has 0 aliphatic heterocycles. The Morgan fingerprint density at radius 1 is 0.838 bits per heavy atom. The highest BCUT2D eigenvalue weighted by molar-refractivity contribution is 5.81. The number of fused-ring (bicyclic) bond motifs is 1. The second-order valence-corrected chi connectivity index (χ2v) is 8.47. The van der Waals surface area contributed by atoms with E-state index in [9.17, 15) is 22.7 Å². The van der Waals surface area contributed by atoms with Crippen LogP contribution in [0.3, 0.4) is 0 Å². The molecule has 188 valence electrons. The Labute approximate surface area is 209 Å². The fraction of sp³-hybridized carbons (Fsp3) is 0.107. The summed E-state index contributed by atoms with van der Waals surface area (Å²) in [5.74, 6) is -0.244. The molecule has 0 saturated carbocycles. The minimum Gasteiger partial charge on any atom is -0.490 e. The summed E-state index contributed by atoms with van der Waals surface area (Å²) >= 11 is 0. The van der Waals surface area contributed by atoms with E-state index in [-0.39, 0.29) is 11.3 Å². The first-order valence-corrected chi connectivity index (χ1v) is 11.3. The van der Waals surface area contributed by atoms with Gasteiger partial charge in [0.15, 0.2) is 0 Å². The van der Waals surface area contributed by atoms with E-state index in [2.05, 4.69) is 10.4 Å². The maximum atomic E-state index is 14.1. The van der Waals surface area contributed by atoms with E-state index in [0.717, 1.165) is 11.4 Å². The van der Waals surface area contributed by atoms with Crippen LogP contribution in [0.4, 0.5) is 28.9 Å². The third-order valence-corrected chi connectivity index (χ3v) is 5.95. The standard InChI is InChI=1S/C28H21F4N3O2/c29-21-7-11-24(12-8-21)35-26-15-6-20(16-19(26)17-33-35)27(36,28(30,31)32)18-37-25-13-9-23(10-14-25)34-22-4-2-1-3-5-22/h1-17,34,36H,18H2. The van der Waals surface area contributed by atoms with Crippen LogP contribution in [0.5, 0.6) is 5.75 Å². The number of aliphatic hydroxyl groups is 1. The number of alkyl halides is 3. The topological polar surface area (TPSA) is 59.3 Å². The van der Waals surface area contributed by atoms with Crippen LogP contribution in [0.15, 0.2) is 103 Å². The van der Waals surface area contributed by atoms with Crippen molar-refractivity contribution in [1.29, 1.82) is 0 Å². The number of nitrogens with zero attached hydrogens (tertiary/aromatic N) is 2. The Morgan fingerprint density at radius 3 is 2.19 bits per heavy atom. The first kappa shape index (κ1) is 24.3. The van der Waals surface area contributed by atoms with E-state index in [4.69, 9.17) is 4.74 Å². The van der Waals surface area contributed by atoms with E-state index < -0.39 is 24.2 Å². The number of ether oxygens (including phenoxy) is 1. The Balaban J connectivity index is 1.37. The van der Waals surface area contributed by atoms with Gasteiger partial charge in [-0.05, 0) is 78.4 Å². The van der Waals surface area contributed by atoms with Crippen LogP contribution in [-0.4, -0.2) is 27.7 Å². The van der Waals surface area contributed by atoms with Gasteiger partial charge in [-0.2, -0.15) is 18.3 Å². The number of para-hydroxylation sites is 1. The highest BCUT2D eigenvalue weighted by Gasteiger charge is 2.56. The van der Waals surface area contributed by atoms with Gasteiger partial charge in [0.1, 0.15) is 18.2 Å². The molecule has 0 fully saturated rings. The van der Waals surface area contributed by atoms with Gasteiger partial charge in [-0.3, -0.25) is 0 Å². The molecule has 1 heterocycles. The molecule has 1 unspecified atom stereocenters. The first-order chi connectivity index (χ1) is 17.7. The van der Waals surface area contributed by atoms with Crippen molar-refractivity contribution in [3.05, 3.63) is 115 Å². The van der Waals surface area contributed by atoms with E-state index in [1.54, 1.807) is 12.1 Å². The molecule has 0 bridgehead atoms. The predicted octanol–water partition coefficient (Wildman–Crippen LogP) is 6.74. The third kappa shape index (κ3) is 4.99. The zero-order valence-corrected chi connectivity index (χ0v) is 19.3. The normalized spacial score (nSPS) is 13.3. The van der Waals surface area contributed by atoms with Crippen molar-refractivity contribution in [1.82, 2.24) is 9.78 Å². The quantitative estimate of drug-likeness (QED) is 0.240.